The molecule has 0 amide bonds. The molecule has 1 aromatic carbocycles. The van der Waals surface area contributed by atoms with Gasteiger partial charge in [-0.25, -0.2) is 0 Å². The minimum absolute atomic E-state index is 0.552. The van der Waals surface area contributed by atoms with Crippen LogP contribution in [0.15, 0.2) is 30.5 Å². The highest BCUT2D eigenvalue weighted by Crippen LogP contribution is 2.35. The van der Waals surface area contributed by atoms with Crippen LogP contribution >= 0.6 is 0 Å². The molecule has 0 saturated carbocycles. The lowest BCUT2D eigenvalue weighted by molar-refractivity contribution is -0.180. The molecule has 1 aliphatic rings. The molecule has 0 saturated heterocycles. The summed E-state index contributed by atoms with van der Waals surface area (Å²) in [5, 5.41) is 12.3. The molecular weight excluding hydrogens is 314 g/mol. The van der Waals surface area contributed by atoms with Crippen molar-refractivity contribution >= 4 is 0 Å². The SMILES string of the molecule is Cc1ncc(CCNCc2ccc(C#N)cc2)c2c1OC(C)(C)OC2. The van der Waals surface area contributed by atoms with Gasteiger partial charge in [0.1, 0.15) is 5.75 Å². The molecule has 130 valence electrons. The van der Waals surface area contributed by atoms with Crippen LogP contribution in [-0.2, 0) is 24.3 Å². The third-order valence-corrected chi connectivity index (χ3v) is 4.30. The molecule has 0 unspecified atom stereocenters. The van der Waals surface area contributed by atoms with Gasteiger partial charge in [-0.3, -0.25) is 4.98 Å². The van der Waals surface area contributed by atoms with E-state index in [1.54, 1.807) is 0 Å². The van der Waals surface area contributed by atoms with Crippen LogP contribution < -0.4 is 10.1 Å². The van der Waals surface area contributed by atoms with Crippen LogP contribution in [0, 0.1) is 18.3 Å². The molecule has 0 fully saturated rings. The summed E-state index contributed by atoms with van der Waals surface area (Å²) >= 11 is 0. The normalized spacial score (nSPS) is 15.1. The summed E-state index contributed by atoms with van der Waals surface area (Å²) < 4.78 is 11.7. The number of aromatic nitrogens is 1. The topological polar surface area (TPSA) is 67.2 Å². The number of ether oxygens (including phenoxy) is 2. The van der Waals surface area contributed by atoms with E-state index in [9.17, 15) is 0 Å². The molecule has 0 radical (unpaired) electrons. The average molecular weight is 337 g/mol. The van der Waals surface area contributed by atoms with Gasteiger partial charge < -0.3 is 14.8 Å². The van der Waals surface area contributed by atoms with Crippen LogP contribution in [0.1, 0.15) is 41.8 Å². The number of benzene rings is 1. The highest BCUT2D eigenvalue weighted by molar-refractivity contribution is 5.43. The lowest BCUT2D eigenvalue weighted by Crippen LogP contribution is -2.36. The first-order valence-corrected chi connectivity index (χ1v) is 8.48. The predicted octanol–water partition coefficient (Wildman–Crippen LogP) is 3.24. The van der Waals surface area contributed by atoms with Crippen molar-refractivity contribution < 1.29 is 9.47 Å². The summed E-state index contributed by atoms with van der Waals surface area (Å²) in [5.74, 6) is 0.257. The molecule has 0 atom stereocenters. The van der Waals surface area contributed by atoms with E-state index in [2.05, 4.69) is 16.4 Å². The molecule has 1 aliphatic heterocycles. The molecule has 1 N–H and O–H groups in total. The van der Waals surface area contributed by atoms with Gasteiger partial charge in [0.25, 0.3) is 0 Å². The smallest absolute Gasteiger partial charge is 0.205 e. The number of fused-ring (bicyclic) bond motifs is 1. The summed E-state index contributed by atoms with van der Waals surface area (Å²) in [7, 11) is 0. The minimum Gasteiger partial charge on any atom is -0.461 e. The quantitative estimate of drug-likeness (QED) is 0.849. The lowest BCUT2D eigenvalue weighted by atomic mass is 10.0. The number of nitrogens with zero attached hydrogens (tertiary/aromatic N) is 2. The van der Waals surface area contributed by atoms with Crippen molar-refractivity contribution in [1.82, 2.24) is 10.3 Å². The zero-order valence-corrected chi connectivity index (χ0v) is 14.9. The molecule has 5 heteroatoms. The van der Waals surface area contributed by atoms with E-state index in [0.717, 1.165) is 47.6 Å². The Morgan fingerprint density at radius 2 is 2.04 bits per heavy atom. The Morgan fingerprint density at radius 1 is 1.28 bits per heavy atom. The maximum absolute atomic E-state index is 8.83. The Hall–Kier alpha value is -2.42. The summed E-state index contributed by atoms with van der Waals surface area (Å²) in [4.78, 5) is 4.48. The molecule has 0 spiro atoms. The van der Waals surface area contributed by atoms with Crippen molar-refractivity contribution in [3.05, 3.63) is 58.4 Å². The average Bonchev–Trinajstić information content (AvgIpc) is 2.60. The van der Waals surface area contributed by atoms with E-state index in [1.165, 1.54) is 0 Å². The first-order chi connectivity index (χ1) is 12.0. The predicted molar refractivity (Wildman–Crippen MR) is 95.0 cm³/mol. The van der Waals surface area contributed by atoms with E-state index in [-0.39, 0.29) is 0 Å². The van der Waals surface area contributed by atoms with Gasteiger partial charge in [-0.2, -0.15) is 5.26 Å². The fraction of sp³-hybridized carbons (Fsp3) is 0.400. The van der Waals surface area contributed by atoms with Crippen LogP contribution in [0.5, 0.6) is 5.75 Å². The van der Waals surface area contributed by atoms with E-state index in [0.29, 0.717) is 12.2 Å². The van der Waals surface area contributed by atoms with Crippen LogP contribution in [0.3, 0.4) is 0 Å². The molecule has 25 heavy (non-hydrogen) atoms. The second kappa shape index (κ2) is 7.22. The number of nitrogens with one attached hydrogen (secondary N) is 1. The van der Waals surface area contributed by atoms with Crippen molar-refractivity contribution in [3.8, 4) is 11.8 Å². The standard InChI is InChI=1S/C20H23N3O2/c1-14-19-18(13-24-20(2,3)25-19)17(12-23-14)8-9-22-11-16-6-4-15(10-21)5-7-16/h4-7,12,22H,8-9,11,13H2,1-3H3. The summed E-state index contributed by atoms with van der Waals surface area (Å²) in [6.07, 6.45) is 2.78. The first kappa shape index (κ1) is 17.4. The monoisotopic (exact) mass is 337 g/mol. The van der Waals surface area contributed by atoms with Crippen LogP contribution in [-0.4, -0.2) is 17.3 Å². The van der Waals surface area contributed by atoms with Gasteiger partial charge in [-0.15, -0.1) is 0 Å². The molecule has 3 rings (SSSR count). The largest absolute Gasteiger partial charge is 0.461 e. The Kier molecular flexibility index (Phi) is 5.03. The second-order valence-corrected chi connectivity index (χ2v) is 6.70. The fourth-order valence-electron chi connectivity index (χ4n) is 2.86. The van der Waals surface area contributed by atoms with Gasteiger partial charge in [0, 0.05) is 32.2 Å². The van der Waals surface area contributed by atoms with Crippen LogP contribution in [0.2, 0.25) is 0 Å². The van der Waals surface area contributed by atoms with Crippen LogP contribution in [0.25, 0.3) is 0 Å². The second-order valence-electron chi connectivity index (χ2n) is 6.70. The number of pyridine rings is 1. The minimum atomic E-state index is -0.605. The zero-order valence-electron chi connectivity index (χ0n) is 14.9. The van der Waals surface area contributed by atoms with Gasteiger partial charge in [-0.1, -0.05) is 12.1 Å². The van der Waals surface area contributed by atoms with Crippen molar-refractivity contribution in [2.24, 2.45) is 0 Å². The highest BCUT2D eigenvalue weighted by atomic mass is 16.7. The molecule has 2 aromatic rings. The van der Waals surface area contributed by atoms with Gasteiger partial charge in [0.2, 0.25) is 5.79 Å². The Morgan fingerprint density at radius 3 is 2.76 bits per heavy atom. The molecular formula is C20H23N3O2. The number of hydrogen-bond donors (Lipinski definition) is 1. The van der Waals surface area contributed by atoms with Gasteiger partial charge in [0.05, 0.1) is 23.9 Å². The highest BCUT2D eigenvalue weighted by Gasteiger charge is 2.30. The number of rotatable bonds is 5. The Bertz CT molecular complexity index is 792. The third kappa shape index (κ3) is 4.16. The van der Waals surface area contributed by atoms with Crippen molar-refractivity contribution in [3.63, 3.8) is 0 Å². The Labute approximate surface area is 148 Å². The van der Waals surface area contributed by atoms with E-state index in [4.69, 9.17) is 14.7 Å². The van der Waals surface area contributed by atoms with Crippen molar-refractivity contribution in [1.29, 1.82) is 5.26 Å². The molecule has 1 aromatic heterocycles. The fourth-order valence-corrected chi connectivity index (χ4v) is 2.86. The lowest BCUT2D eigenvalue weighted by Gasteiger charge is -2.34. The van der Waals surface area contributed by atoms with Crippen LogP contribution in [0.4, 0.5) is 0 Å². The van der Waals surface area contributed by atoms with Gasteiger partial charge >= 0.3 is 0 Å². The van der Waals surface area contributed by atoms with E-state index in [1.807, 2.05) is 51.2 Å². The molecule has 2 heterocycles. The first-order valence-electron chi connectivity index (χ1n) is 8.48. The third-order valence-electron chi connectivity index (χ3n) is 4.30. The van der Waals surface area contributed by atoms with Gasteiger partial charge in [-0.05, 0) is 43.1 Å². The molecule has 0 aliphatic carbocycles. The van der Waals surface area contributed by atoms with Crippen molar-refractivity contribution in [2.75, 3.05) is 6.54 Å². The summed E-state index contributed by atoms with van der Waals surface area (Å²) in [5.41, 5.74) is 5.01. The van der Waals surface area contributed by atoms with E-state index < -0.39 is 5.79 Å². The number of nitriles is 1. The molecule has 5 nitrogen and oxygen atoms in total. The van der Waals surface area contributed by atoms with Crippen molar-refractivity contribution in [2.45, 2.75) is 46.1 Å². The van der Waals surface area contributed by atoms with Gasteiger partial charge in [0.15, 0.2) is 0 Å². The summed E-state index contributed by atoms with van der Waals surface area (Å²) in [6, 6.07) is 9.77. The van der Waals surface area contributed by atoms with E-state index >= 15 is 0 Å². The zero-order chi connectivity index (χ0) is 17.9. The number of aryl methyl sites for hydroxylation is 1. The Balaban J connectivity index is 1.59. The maximum atomic E-state index is 8.83. The maximum Gasteiger partial charge on any atom is 0.205 e. The molecule has 0 bridgehead atoms. The number of hydrogen-bond acceptors (Lipinski definition) is 5. The summed E-state index contributed by atoms with van der Waals surface area (Å²) in [6.45, 7) is 7.96.